The van der Waals surface area contributed by atoms with Crippen LogP contribution in [0, 0.1) is 0 Å². The van der Waals surface area contributed by atoms with E-state index in [0.29, 0.717) is 0 Å². The van der Waals surface area contributed by atoms with Gasteiger partial charge in [0.2, 0.25) is 0 Å². The van der Waals surface area contributed by atoms with Gasteiger partial charge in [-0.05, 0) is 24.3 Å². The average Bonchev–Trinajstić information content (AvgIpc) is 2.45. The van der Waals surface area contributed by atoms with Crippen LogP contribution in [0.2, 0.25) is 5.02 Å². The molecular formula is C13H11ClN2O4S. The van der Waals surface area contributed by atoms with E-state index in [2.05, 4.69) is 0 Å². The SMILES string of the molecule is O=C(NNS(=O)(=O)c1ccccc1Cl)c1ccccc1O. The van der Waals surface area contributed by atoms with Gasteiger partial charge < -0.3 is 5.11 Å². The number of rotatable bonds is 4. The zero-order valence-corrected chi connectivity index (χ0v) is 12.1. The Bertz CT molecular complexity index is 777. The van der Waals surface area contributed by atoms with Gasteiger partial charge in [-0.15, -0.1) is 4.83 Å². The third-order valence-corrected chi connectivity index (χ3v) is 4.32. The maximum Gasteiger partial charge on any atom is 0.269 e. The molecule has 110 valence electrons. The number of benzene rings is 2. The normalized spacial score (nSPS) is 11.1. The number of phenolic OH excluding ortho intramolecular Hbond substituents is 1. The highest BCUT2D eigenvalue weighted by Crippen LogP contribution is 2.20. The number of hydrazine groups is 1. The summed E-state index contributed by atoms with van der Waals surface area (Å²) in [4.78, 5) is 13.6. The molecule has 8 heteroatoms. The van der Waals surface area contributed by atoms with Crippen molar-refractivity contribution in [2.24, 2.45) is 0 Å². The van der Waals surface area contributed by atoms with Crippen molar-refractivity contribution in [2.45, 2.75) is 4.90 Å². The summed E-state index contributed by atoms with van der Waals surface area (Å²) in [5.41, 5.74) is 1.95. The summed E-state index contributed by atoms with van der Waals surface area (Å²) < 4.78 is 24.0. The van der Waals surface area contributed by atoms with Gasteiger partial charge in [0.1, 0.15) is 10.6 Å². The second kappa shape index (κ2) is 6.13. The standard InChI is InChI=1S/C13H11ClN2O4S/c14-10-6-2-4-8-12(10)21(19,20)16-15-13(18)9-5-1-3-7-11(9)17/h1-8,16-17H,(H,15,18). The zero-order valence-electron chi connectivity index (χ0n) is 10.6. The van der Waals surface area contributed by atoms with E-state index < -0.39 is 15.9 Å². The summed E-state index contributed by atoms with van der Waals surface area (Å²) in [6, 6.07) is 11.6. The summed E-state index contributed by atoms with van der Waals surface area (Å²) in [6.45, 7) is 0. The number of nitrogens with one attached hydrogen (secondary N) is 2. The van der Waals surface area contributed by atoms with Crippen LogP contribution in [-0.4, -0.2) is 19.4 Å². The van der Waals surface area contributed by atoms with Gasteiger partial charge in [-0.3, -0.25) is 10.2 Å². The molecule has 6 nitrogen and oxygen atoms in total. The lowest BCUT2D eigenvalue weighted by Crippen LogP contribution is -2.41. The second-order valence-corrected chi connectivity index (χ2v) is 6.07. The molecule has 1 amide bonds. The molecule has 0 aromatic heterocycles. The van der Waals surface area contributed by atoms with E-state index >= 15 is 0 Å². The Hall–Kier alpha value is -2.09. The summed E-state index contributed by atoms with van der Waals surface area (Å²) in [7, 11) is -4.00. The van der Waals surface area contributed by atoms with E-state index in [4.69, 9.17) is 11.6 Å². The molecule has 0 aliphatic heterocycles. The maximum atomic E-state index is 12.0. The molecule has 0 radical (unpaired) electrons. The molecule has 0 atom stereocenters. The first-order valence-electron chi connectivity index (χ1n) is 5.76. The first-order valence-corrected chi connectivity index (χ1v) is 7.62. The van der Waals surface area contributed by atoms with Crippen LogP contribution in [-0.2, 0) is 10.0 Å². The molecule has 0 saturated carbocycles. The van der Waals surface area contributed by atoms with Crippen molar-refractivity contribution >= 4 is 27.5 Å². The van der Waals surface area contributed by atoms with Crippen LogP contribution in [0.5, 0.6) is 5.75 Å². The summed E-state index contributed by atoms with van der Waals surface area (Å²) >= 11 is 5.79. The first kappa shape index (κ1) is 15.3. The van der Waals surface area contributed by atoms with Gasteiger partial charge in [0.25, 0.3) is 15.9 Å². The Kier molecular flexibility index (Phi) is 4.46. The number of halogens is 1. The third-order valence-electron chi connectivity index (χ3n) is 2.57. The number of carbonyl (C=O) groups is 1. The number of phenols is 1. The van der Waals surface area contributed by atoms with Gasteiger partial charge in [-0.1, -0.05) is 35.9 Å². The molecule has 0 spiro atoms. The largest absolute Gasteiger partial charge is 0.507 e. The van der Waals surface area contributed by atoms with Crippen molar-refractivity contribution < 1.29 is 18.3 Å². The predicted octanol–water partition coefficient (Wildman–Crippen LogP) is 1.67. The lowest BCUT2D eigenvalue weighted by molar-refractivity contribution is 0.0942. The second-order valence-electron chi connectivity index (χ2n) is 4.01. The third kappa shape index (κ3) is 3.52. The number of carbonyl (C=O) groups excluding carboxylic acids is 1. The van der Waals surface area contributed by atoms with Crippen LogP contribution in [0.3, 0.4) is 0 Å². The minimum Gasteiger partial charge on any atom is -0.507 e. The molecule has 0 fully saturated rings. The van der Waals surface area contributed by atoms with Crippen molar-refractivity contribution in [1.29, 1.82) is 0 Å². The van der Waals surface area contributed by atoms with Gasteiger partial charge in [0.05, 0.1) is 10.6 Å². The predicted molar refractivity (Wildman–Crippen MR) is 77.3 cm³/mol. The van der Waals surface area contributed by atoms with E-state index in [1.165, 1.54) is 36.4 Å². The Morgan fingerprint density at radius 1 is 1.05 bits per heavy atom. The average molecular weight is 327 g/mol. The summed E-state index contributed by atoms with van der Waals surface area (Å²) in [5.74, 6) is -1.05. The fraction of sp³-hybridized carbons (Fsp3) is 0. The zero-order chi connectivity index (χ0) is 15.5. The van der Waals surface area contributed by atoms with Crippen LogP contribution in [0.25, 0.3) is 0 Å². The summed E-state index contributed by atoms with van der Waals surface area (Å²) in [5, 5.41) is 9.54. The van der Waals surface area contributed by atoms with E-state index in [-0.39, 0.29) is 21.2 Å². The highest BCUT2D eigenvalue weighted by Gasteiger charge is 2.19. The lowest BCUT2D eigenvalue weighted by Gasteiger charge is -2.10. The molecule has 21 heavy (non-hydrogen) atoms. The number of sulfonamides is 1. The minimum absolute atomic E-state index is 0.0295. The molecule has 2 aromatic carbocycles. The van der Waals surface area contributed by atoms with Crippen LogP contribution in [0.4, 0.5) is 0 Å². The van der Waals surface area contributed by atoms with E-state index in [1.807, 2.05) is 10.3 Å². The van der Waals surface area contributed by atoms with E-state index in [9.17, 15) is 18.3 Å². The molecular weight excluding hydrogens is 316 g/mol. The Morgan fingerprint density at radius 3 is 2.33 bits per heavy atom. The van der Waals surface area contributed by atoms with Crippen molar-refractivity contribution in [3.05, 3.63) is 59.1 Å². The number of amides is 1. The molecule has 2 aromatic rings. The van der Waals surface area contributed by atoms with Crippen LogP contribution >= 0.6 is 11.6 Å². The van der Waals surface area contributed by atoms with Gasteiger partial charge in [0, 0.05) is 0 Å². The Labute approximate surface area is 126 Å². The maximum absolute atomic E-state index is 12.0. The summed E-state index contributed by atoms with van der Waals surface area (Å²) in [6.07, 6.45) is 0. The highest BCUT2D eigenvalue weighted by atomic mass is 35.5. The lowest BCUT2D eigenvalue weighted by atomic mass is 10.2. The number of hydrogen-bond acceptors (Lipinski definition) is 4. The number of para-hydroxylation sites is 1. The van der Waals surface area contributed by atoms with Gasteiger partial charge in [-0.25, -0.2) is 8.42 Å². The van der Waals surface area contributed by atoms with E-state index in [1.54, 1.807) is 12.1 Å². The highest BCUT2D eigenvalue weighted by molar-refractivity contribution is 7.89. The number of hydrogen-bond donors (Lipinski definition) is 3. The van der Waals surface area contributed by atoms with Crippen molar-refractivity contribution in [3.63, 3.8) is 0 Å². The molecule has 0 unspecified atom stereocenters. The molecule has 0 bridgehead atoms. The molecule has 0 heterocycles. The van der Waals surface area contributed by atoms with Crippen molar-refractivity contribution in [3.8, 4) is 5.75 Å². The first-order chi connectivity index (χ1) is 9.92. The van der Waals surface area contributed by atoms with Crippen molar-refractivity contribution in [2.75, 3.05) is 0 Å². The fourth-order valence-corrected chi connectivity index (χ4v) is 2.92. The van der Waals surface area contributed by atoms with Crippen LogP contribution in [0.1, 0.15) is 10.4 Å². The smallest absolute Gasteiger partial charge is 0.269 e. The number of aromatic hydroxyl groups is 1. The Morgan fingerprint density at radius 2 is 1.67 bits per heavy atom. The van der Waals surface area contributed by atoms with Gasteiger partial charge >= 0.3 is 0 Å². The van der Waals surface area contributed by atoms with Crippen LogP contribution < -0.4 is 10.3 Å². The molecule has 2 rings (SSSR count). The van der Waals surface area contributed by atoms with Gasteiger partial charge in [0.15, 0.2) is 0 Å². The van der Waals surface area contributed by atoms with Crippen molar-refractivity contribution in [1.82, 2.24) is 10.3 Å². The van der Waals surface area contributed by atoms with Crippen LogP contribution in [0.15, 0.2) is 53.4 Å². The molecule has 3 N–H and O–H groups in total. The monoisotopic (exact) mass is 326 g/mol. The molecule has 0 aliphatic rings. The minimum atomic E-state index is -4.00. The fourth-order valence-electron chi connectivity index (χ4n) is 1.56. The van der Waals surface area contributed by atoms with Gasteiger partial charge in [-0.2, -0.15) is 0 Å². The van der Waals surface area contributed by atoms with E-state index in [0.717, 1.165) is 0 Å². The molecule has 0 saturated heterocycles. The topological polar surface area (TPSA) is 95.5 Å². The molecule has 0 aliphatic carbocycles. The Balaban J connectivity index is 2.15. The quantitative estimate of drug-likeness (QED) is 0.745.